The number of hydrogen-bond donors (Lipinski definition) is 0. The van der Waals surface area contributed by atoms with Crippen molar-refractivity contribution < 1.29 is 14.0 Å². The fourth-order valence-corrected chi connectivity index (χ4v) is 2.77. The quantitative estimate of drug-likeness (QED) is 0.603. The van der Waals surface area contributed by atoms with E-state index in [0.29, 0.717) is 23.8 Å². The molecule has 0 amide bonds. The molecule has 0 atom stereocenters. The number of anilines is 1. The molecule has 2 aliphatic heterocycles. The van der Waals surface area contributed by atoms with Gasteiger partial charge in [-0.1, -0.05) is 11.6 Å². The summed E-state index contributed by atoms with van der Waals surface area (Å²) in [7, 11) is -0.573. The van der Waals surface area contributed by atoms with E-state index in [-0.39, 0.29) is 0 Å². The first-order chi connectivity index (χ1) is 10.3. The van der Waals surface area contributed by atoms with Crippen molar-refractivity contribution in [1.82, 2.24) is 9.97 Å². The van der Waals surface area contributed by atoms with Gasteiger partial charge in [-0.3, -0.25) is 0 Å². The van der Waals surface area contributed by atoms with E-state index in [0.717, 1.165) is 18.9 Å². The molecule has 0 unspecified atom stereocenters. The largest absolute Gasteiger partial charge is 0.501 e. The van der Waals surface area contributed by atoms with Crippen LogP contribution in [0, 0.1) is 0 Å². The van der Waals surface area contributed by atoms with Crippen molar-refractivity contribution in [2.75, 3.05) is 31.2 Å². The highest BCUT2D eigenvalue weighted by Crippen LogP contribution is 2.37. The highest BCUT2D eigenvalue weighted by atomic mass is 35.5. The molecule has 2 aliphatic rings. The Hall–Kier alpha value is -0.885. The zero-order valence-electron chi connectivity index (χ0n) is 13.4. The van der Waals surface area contributed by atoms with Gasteiger partial charge in [0, 0.05) is 13.1 Å². The van der Waals surface area contributed by atoms with Crippen molar-refractivity contribution in [3.8, 4) is 0 Å². The Labute approximate surface area is 136 Å². The van der Waals surface area contributed by atoms with Gasteiger partial charge in [-0.2, -0.15) is 0 Å². The molecule has 0 spiro atoms. The zero-order chi connectivity index (χ0) is 16.0. The van der Waals surface area contributed by atoms with Crippen LogP contribution < -0.4 is 10.4 Å². The normalized spacial score (nSPS) is 23.9. The SMILES string of the molecule is CC1(C)OB(c2c(Cl)ncnc2N2CCOCC2)OC1(C)C. The summed E-state index contributed by atoms with van der Waals surface area (Å²) in [5, 5.41) is 0.370. The van der Waals surface area contributed by atoms with Crippen LogP contribution >= 0.6 is 11.6 Å². The fraction of sp³-hybridized carbons (Fsp3) is 0.714. The molecule has 3 rings (SSSR count). The van der Waals surface area contributed by atoms with Crippen molar-refractivity contribution >= 4 is 30.0 Å². The maximum atomic E-state index is 6.35. The van der Waals surface area contributed by atoms with Gasteiger partial charge in [-0.25, -0.2) is 9.97 Å². The standard InChI is InChI=1S/C14H21BClN3O3/c1-13(2)14(3,4)22-15(21-13)10-11(16)17-9-18-12(10)19-5-7-20-8-6-19/h9H,5-8H2,1-4H3. The molecule has 0 radical (unpaired) electrons. The Bertz CT molecular complexity index is 548. The fourth-order valence-electron chi connectivity index (χ4n) is 2.56. The minimum absolute atomic E-state index is 0.370. The van der Waals surface area contributed by atoms with Gasteiger partial charge in [0.05, 0.1) is 29.9 Å². The van der Waals surface area contributed by atoms with Gasteiger partial charge >= 0.3 is 7.12 Å². The number of hydrogen-bond acceptors (Lipinski definition) is 6. The van der Waals surface area contributed by atoms with Crippen molar-refractivity contribution in [2.24, 2.45) is 0 Å². The highest BCUT2D eigenvalue weighted by Gasteiger charge is 2.53. The van der Waals surface area contributed by atoms with E-state index >= 15 is 0 Å². The molecule has 22 heavy (non-hydrogen) atoms. The van der Waals surface area contributed by atoms with Crippen LogP contribution in [0.3, 0.4) is 0 Å². The minimum atomic E-state index is -0.573. The molecule has 0 saturated carbocycles. The monoisotopic (exact) mass is 325 g/mol. The predicted octanol–water partition coefficient (Wildman–Crippen LogP) is 1.27. The third-order valence-electron chi connectivity index (χ3n) is 4.61. The van der Waals surface area contributed by atoms with Crippen LogP contribution in [0.5, 0.6) is 0 Å². The number of nitrogens with zero attached hydrogens (tertiary/aromatic N) is 3. The molecule has 1 aromatic rings. The van der Waals surface area contributed by atoms with E-state index in [2.05, 4.69) is 14.9 Å². The van der Waals surface area contributed by atoms with Gasteiger partial charge in [-0.15, -0.1) is 0 Å². The Kier molecular flexibility index (Phi) is 4.10. The lowest BCUT2D eigenvalue weighted by Gasteiger charge is -2.32. The van der Waals surface area contributed by atoms with Gasteiger partial charge in [0.25, 0.3) is 0 Å². The van der Waals surface area contributed by atoms with Crippen LogP contribution in [0.1, 0.15) is 27.7 Å². The zero-order valence-corrected chi connectivity index (χ0v) is 14.2. The molecule has 0 bridgehead atoms. The Balaban J connectivity index is 1.97. The summed E-state index contributed by atoms with van der Waals surface area (Å²) in [4.78, 5) is 10.7. The summed E-state index contributed by atoms with van der Waals surface area (Å²) in [6.45, 7) is 10.9. The highest BCUT2D eigenvalue weighted by molar-refractivity contribution is 6.67. The summed E-state index contributed by atoms with van der Waals surface area (Å²) in [6.07, 6.45) is 1.47. The first kappa shape index (κ1) is 16.0. The van der Waals surface area contributed by atoms with E-state index < -0.39 is 18.3 Å². The molecule has 0 N–H and O–H groups in total. The second kappa shape index (κ2) is 5.63. The van der Waals surface area contributed by atoms with Crippen molar-refractivity contribution in [1.29, 1.82) is 0 Å². The van der Waals surface area contributed by atoms with E-state index in [1.165, 1.54) is 6.33 Å². The number of morpholine rings is 1. The summed E-state index contributed by atoms with van der Waals surface area (Å²) in [5.74, 6) is 0.766. The van der Waals surface area contributed by atoms with Gasteiger partial charge in [0.1, 0.15) is 17.3 Å². The summed E-state index contributed by atoms with van der Waals surface area (Å²) in [5.41, 5.74) is -0.164. The smallest absolute Gasteiger partial charge is 0.399 e. The molecule has 3 heterocycles. The van der Waals surface area contributed by atoms with E-state index in [9.17, 15) is 0 Å². The summed E-state index contributed by atoms with van der Waals surface area (Å²) < 4.78 is 17.6. The molecule has 2 fully saturated rings. The molecule has 6 nitrogen and oxygen atoms in total. The lowest BCUT2D eigenvalue weighted by Crippen LogP contribution is -2.45. The molecule has 0 aromatic carbocycles. The maximum Gasteiger partial charge on any atom is 0.501 e. The van der Waals surface area contributed by atoms with Crippen LogP contribution in [0.15, 0.2) is 6.33 Å². The molecule has 8 heteroatoms. The summed E-state index contributed by atoms with van der Waals surface area (Å²) in [6, 6.07) is 0. The molecular weight excluding hydrogens is 304 g/mol. The van der Waals surface area contributed by atoms with E-state index in [4.69, 9.17) is 25.6 Å². The van der Waals surface area contributed by atoms with Gasteiger partial charge in [0.15, 0.2) is 0 Å². The van der Waals surface area contributed by atoms with Gasteiger partial charge in [0.2, 0.25) is 0 Å². The lowest BCUT2D eigenvalue weighted by atomic mass is 9.80. The van der Waals surface area contributed by atoms with E-state index in [1.54, 1.807) is 0 Å². The summed E-state index contributed by atoms with van der Waals surface area (Å²) >= 11 is 6.35. The van der Waals surface area contributed by atoms with Crippen LogP contribution in [0.2, 0.25) is 5.15 Å². The van der Waals surface area contributed by atoms with Gasteiger partial charge in [-0.05, 0) is 27.7 Å². The molecule has 1 aromatic heterocycles. The van der Waals surface area contributed by atoms with Crippen LogP contribution in [0.25, 0.3) is 0 Å². The molecule has 120 valence electrons. The Morgan fingerprint density at radius 2 is 1.68 bits per heavy atom. The maximum absolute atomic E-state index is 6.35. The number of aromatic nitrogens is 2. The topological polar surface area (TPSA) is 56.7 Å². The number of rotatable bonds is 2. The lowest BCUT2D eigenvalue weighted by molar-refractivity contribution is 0.00578. The molecular formula is C14H21BClN3O3. The van der Waals surface area contributed by atoms with Crippen LogP contribution in [-0.4, -0.2) is 54.6 Å². The Morgan fingerprint density at radius 3 is 2.27 bits per heavy atom. The average molecular weight is 326 g/mol. The van der Waals surface area contributed by atoms with Crippen molar-refractivity contribution in [3.05, 3.63) is 11.5 Å². The Morgan fingerprint density at radius 1 is 1.09 bits per heavy atom. The van der Waals surface area contributed by atoms with Gasteiger partial charge < -0.3 is 18.9 Å². The first-order valence-corrected chi connectivity index (χ1v) is 7.88. The van der Waals surface area contributed by atoms with Crippen molar-refractivity contribution in [3.63, 3.8) is 0 Å². The average Bonchev–Trinajstić information content (AvgIpc) is 2.67. The number of halogens is 1. The van der Waals surface area contributed by atoms with Crippen molar-refractivity contribution in [2.45, 2.75) is 38.9 Å². The number of ether oxygens (including phenoxy) is 1. The second-order valence-corrected chi connectivity index (χ2v) is 6.95. The third kappa shape index (κ3) is 2.71. The first-order valence-electron chi connectivity index (χ1n) is 7.50. The second-order valence-electron chi connectivity index (χ2n) is 6.59. The minimum Gasteiger partial charge on any atom is -0.399 e. The van der Waals surface area contributed by atoms with Crippen LogP contribution in [-0.2, 0) is 14.0 Å². The predicted molar refractivity (Wildman–Crippen MR) is 85.8 cm³/mol. The third-order valence-corrected chi connectivity index (χ3v) is 4.92. The molecule has 0 aliphatic carbocycles. The van der Waals surface area contributed by atoms with Crippen LogP contribution in [0.4, 0.5) is 5.82 Å². The molecule has 2 saturated heterocycles. The van der Waals surface area contributed by atoms with E-state index in [1.807, 2.05) is 27.7 Å².